The Hall–Kier alpha value is -1.77. The van der Waals surface area contributed by atoms with Crippen LogP contribution in [0.5, 0.6) is 0 Å². The Morgan fingerprint density at radius 3 is 2.46 bits per heavy atom. The molecule has 3 atom stereocenters. The van der Waals surface area contributed by atoms with Gasteiger partial charge in [-0.2, -0.15) is 0 Å². The van der Waals surface area contributed by atoms with Crippen molar-refractivity contribution in [2.75, 3.05) is 26.0 Å². The summed E-state index contributed by atoms with van der Waals surface area (Å²) in [4.78, 5) is 0. The van der Waals surface area contributed by atoms with Gasteiger partial charge in [-0.3, -0.25) is 0 Å². The molecule has 1 aliphatic rings. The van der Waals surface area contributed by atoms with Crippen molar-refractivity contribution in [3.8, 4) is 0 Å². The van der Waals surface area contributed by atoms with Crippen molar-refractivity contribution in [3.05, 3.63) is 71.3 Å². The van der Waals surface area contributed by atoms with E-state index in [4.69, 9.17) is 9.47 Å². The molecule has 1 heterocycles. The van der Waals surface area contributed by atoms with Crippen molar-refractivity contribution < 1.29 is 17.9 Å². The molecule has 0 saturated carbocycles. The number of rotatable bonds is 8. The average Bonchev–Trinajstić information content (AvgIpc) is 2.68. The molecular weight excluding hydrogens is 376 g/mol. The Kier molecular flexibility index (Phi) is 7.20. The molecule has 1 saturated heterocycles. The van der Waals surface area contributed by atoms with E-state index in [9.17, 15) is 8.42 Å². The van der Waals surface area contributed by atoms with Gasteiger partial charge in [-0.05, 0) is 23.6 Å². The van der Waals surface area contributed by atoms with Crippen LogP contribution < -0.4 is 10.0 Å². The van der Waals surface area contributed by atoms with E-state index in [0.29, 0.717) is 26.3 Å². The predicted molar refractivity (Wildman–Crippen MR) is 109 cm³/mol. The van der Waals surface area contributed by atoms with Crippen LogP contribution >= 0.6 is 0 Å². The van der Waals surface area contributed by atoms with Gasteiger partial charge in [-0.15, -0.1) is 0 Å². The van der Waals surface area contributed by atoms with E-state index in [1.54, 1.807) is 0 Å². The highest BCUT2D eigenvalue weighted by Gasteiger charge is 2.23. The van der Waals surface area contributed by atoms with Crippen LogP contribution in [0.2, 0.25) is 0 Å². The van der Waals surface area contributed by atoms with Gasteiger partial charge in [-0.25, -0.2) is 13.1 Å². The highest BCUT2D eigenvalue weighted by molar-refractivity contribution is 7.88. The molecule has 6 nitrogen and oxygen atoms in total. The summed E-state index contributed by atoms with van der Waals surface area (Å²) in [6.07, 6.45) is 1.16. The van der Waals surface area contributed by atoms with Crippen molar-refractivity contribution in [1.29, 1.82) is 0 Å². The Bertz CT molecular complexity index is 840. The first-order valence-corrected chi connectivity index (χ1v) is 11.3. The lowest BCUT2D eigenvalue weighted by Crippen LogP contribution is -2.38. The molecule has 152 valence electrons. The van der Waals surface area contributed by atoms with Gasteiger partial charge in [0.05, 0.1) is 25.6 Å². The van der Waals surface area contributed by atoms with Crippen LogP contribution in [0, 0.1) is 0 Å². The van der Waals surface area contributed by atoms with Crippen LogP contribution in [0.3, 0.4) is 0 Å². The summed E-state index contributed by atoms with van der Waals surface area (Å²) < 4.78 is 37.1. The maximum atomic E-state index is 11.3. The molecule has 0 spiro atoms. The lowest BCUT2D eigenvalue weighted by Gasteiger charge is -2.30. The van der Waals surface area contributed by atoms with Gasteiger partial charge in [0.15, 0.2) is 0 Å². The van der Waals surface area contributed by atoms with E-state index >= 15 is 0 Å². The van der Waals surface area contributed by atoms with Gasteiger partial charge in [0.1, 0.15) is 6.10 Å². The molecule has 28 heavy (non-hydrogen) atoms. The fourth-order valence-corrected chi connectivity index (χ4v) is 4.04. The molecular formula is C21H28N2O4S. The minimum atomic E-state index is -3.22. The first-order valence-electron chi connectivity index (χ1n) is 9.46. The second kappa shape index (κ2) is 9.62. The topological polar surface area (TPSA) is 76.7 Å². The SMILES string of the molecule is C[C@@H](NS(C)(=O)=O)c1ccc(CNCC2COCC(c3ccccc3)O2)cc1. The molecule has 0 bridgehead atoms. The van der Waals surface area contributed by atoms with Crippen molar-refractivity contribution >= 4 is 10.0 Å². The summed E-state index contributed by atoms with van der Waals surface area (Å²) in [5.41, 5.74) is 3.20. The number of sulfonamides is 1. The molecule has 1 aliphatic heterocycles. The molecule has 2 aromatic rings. The van der Waals surface area contributed by atoms with Gasteiger partial charge in [-0.1, -0.05) is 54.6 Å². The smallest absolute Gasteiger partial charge is 0.209 e. The van der Waals surface area contributed by atoms with E-state index < -0.39 is 10.0 Å². The molecule has 7 heteroatoms. The molecule has 0 aliphatic carbocycles. The molecule has 2 unspecified atom stereocenters. The van der Waals surface area contributed by atoms with Crippen LogP contribution in [0.1, 0.15) is 35.8 Å². The molecule has 1 fully saturated rings. The lowest BCUT2D eigenvalue weighted by atomic mass is 10.1. The van der Waals surface area contributed by atoms with Gasteiger partial charge in [0.2, 0.25) is 10.0 Å². The first kappa shape index (κ1) is 21.0. The molecule has 0 radical (unpaired) electrons. The van der Waals surface area contributed by atoms with E-state index in [1.807, 2.05) is 49.4 Å². The first-order chi connectivity index (χ1) is 13.4. The minimum Gasteiger partial charge on any atom is -0.376 e. The van der Waals surface area contributed by atoms with Crippen LogP contribution in [0.15, 0.2) is 54.6 Å². The average molecular weight is 405 g/mol. The summed E-state index contributed by atoms with van der Waals surface area (Å²) in [6.45, 7) is 4.42. The highest BCUT2D eigenvalue weighted by Crippen LogP contribution is 2.23. The highest BCUT2D eigenvalue weighted by atomic mass is 32.2. The second-order valence-electron chi connectivity index (χ2n) is 7.18. The monoisotopic (exact) mass is 404 g/mol. The van der Waals surface area contributed by atoms with Crippen LogP contribution in [0.4, 0.5) is 0 Å². The quantitative estimate of drug-likeness (QED) is 0.707. The van der Waals surface area contributed by atoms with Gasteiger partial charge in [0, 0.05) is 19.1 Å². The fraction of sp³-hybridized carbons (Fsp3) is 0.429. The third-order valence-corrected chi connectivity index (χ3v) is 5.45. The van der Waals surface area contributed by atoms with Gasteiger partial charge in [0.25, 0.3) is 0 Å². The number of hydrogen-bond acceptors (Lipinski definition) is 5. The molecule has 2 N–H and O–H groups in total. The Morgan fingerprint density at radius 1 is 1.07 bits per heavy atom. The van der Waals surface area contributed by atoms with E-state index in [0.717, 1.165) is 16.7 Å². The molecule has 0 amide bonds. The normalized spacial score (nSPS) is 21.4. The van der Waals surface area contributed by atoms with Crippen LogP contribution in [0.25, 0.3) is 0 Å². The zero-order chi connectivity index (χ0) is 20.0. The zero-order valence-electron chi connectivity index (χ0n) is 16.3. The third-order valence-electron chi connectivity index (χ3n) is 4.67. The number of benzene rings is 2. The minimum absolute atomic E-state index is 0.0113. The summed E-state index contributed by atoms with van der Waals surface area (Å²) in [5.74, 6) is 0. The van der Waals surface area contributed by atoms with Gasteiger partial charge >= 0.3 is 0 Å². The standard InChI is InChI=1S/C21H28N2O4S/c1-16(23-28(2,24)25)18-10-8-17(9-11-18)12-22-13-20-14-26-15-21(27-20)19-6-4-3-5-7-19/h3-11,16,20-23H,12-15H2,1-2H3/t16-,20?,21?/m1/s1. The number of ether oxygens (including phenoxy) is 2. The van der Waals surface area contributed by atoms with Crippen LogP contribution in [-0.2, 0) is 26.0 Å². The Morgan fingerprint density at radius 2 is 1.79 bits per heavy atom. The summed E-state index contributed by atoms with van der Waals surface area (Å²) in [6, 6.07) is 17.8. The van der Waals surface area contributed by atoms with Crippen molar-refractivity contribution in [3.63, 3.8) is 0 Å². The third kappa shape index (κ3) is 6.39. The van der Waals surface area contributed by atoms with Crippen molar-refractivity contribution in [2.45, 2.75) is 31.7 Å². The second-order valence-corrected chi connectivity index (χ2v) is 8.96. The Balaban J connectivity index is 1.46. The summed E-state index contributed by atoms with van der Waals surface area (Å²) >= 11 is 0. The maximum absolute atomic E-state index is 11.3. The van der Waals surface area contributed by atoms with Gasteiger partial charge < -0.3 is 14.8 Å². The Labute approximate surface area is 167 Å². The predicted octanol–water partition coefficient (Wildman–Crippen LogP) is 2.54. The summed E-state index contributed by atoms with van der Waals surface area (Å²) in [5, 5.41) is 3.41. The fourth-order valence-electron chi connectivity index (χ4n) is 3.26. The number of hydrogen-bond donors (Lipinski definition) is 2. The molecule has 0 aromatic heterocycles. The molecule has 3 rings (SSSR count). The van der Waals surface area contributed by atoms with Crippen molar-refractivity contribution in [2.24, 2.45) is 0 Å². The summed E-state index contributed by atoms with van der Waals surface area (Å²) in [7, 11) is -3.22. The van der Waals surface area contributed by atoms with E-state index in [2.05, 4.69) is 22.2 Å². The lowest BCUT2D eigenvalue weighted by molar-refractivity contribution is -0.138. The van der Waals surface area contributed by atoms with Crippen molar-refractivity contribution in [1.82, 2.24) is 10.0 Å². The van der Waals surface area contributed by atoms with E-state index in [-0.39, 0.29) is 18.2 Å². The zero-order valence-corrected chi connectivity index (χ0v) is 17.1. The molecule has 2 aromatic carbocycles. The number of nitrogens with one attached hydrogen (secondary N) is 2. The van der Waals surface area contributed by atoms with Crippen LogP contribution in [-0.4, -0.2) is 40.5 Å². The van der Waals surface area contributed by atoms with E-state index in [1.165, 1.54) is 6.26 Å². The maximum Gasteiger partial charge on any atom is 0.209 e. The largest absolute Gasteiger partial charge is 0.376 e.